The van der Waals surface area contributed by atoms with Crippen molar-refractivity contribution in [2.24, 2.45) is 7.05 Å². The van der Waals surface area contributed by atoms with Gasteiger partial charge in [0.2, 0.25) is 0 Å². The zero-order valence-corrected chi connectivity index (χ0v) is 14.4. The number of nitro groups is 1. The summed E-state index contributed by atoms with van der Waals surface area (Å²) < 4.78 is 1.61. The van der Waals surface area contributed by atoms with Crippen molar-refractivity contribution in [3.8, 4) is 0 Å². The molecule has 1 atom stereocenters. The molecule has 1 unspecified atom stereocenters. The molecule has 0 aliphatic rings. The largest absolute Gasteiger partial charge is 0.480 e. The number of benzene rings is 1. The minimum atomic E-state index is -1.17. The highest BCUT2D eigenvalue weighted by Gasteiger charge is 2.25. The van der Waals surface area contributed by atoms with E-state index >= 15 is 0 Å². The number of rotatable bonds is 6. The fraction of sp³-hybridized carbons (Fsp3) is 0.286. The van der Waals surface area contributed by atoms with Crippen LogP contribution in [-0.4, -0.2) is 54.7 Å². The number of hydrogen-bond donors (Lipinski definition) is 1. The third kappa shape index (κ3) is 3.94. The molecule has 0 bridgehead atoms. The maximum atomic E-state index is 12.4. The number of nitro benzene ring substituents is 1. The standard InChI is InChI=1S/C14H15N5O5S/c1-8(13(21)22)18(3)12(20)9-4-5-11(10(6-9)19(23)24)25-14-16-15-7-17(14)2/h4-8H,1-3H3,(H,21,22). The number of aromatic nitrogens is 3. The van der Waals surface area contributed by atoms with Crippen LogP contribution in [0.4, 0.5) is 5.69 Å². The molecule has 0 saturated heterocycles. The van der Waals surface area contributed by atoms with Crippen molar-refractivity contribution in [3.05, 3.63) is 40.2 Å². The number of likely N-dealkylation sites (N-methyl/N-ethyl adjacent to an activating group) is 1. The van der Waals surface area contributed by atoms with Crippen LogP contribution < -0.4 is 0 Å². The molecule has 11 heteroatoms. The molecule has 2 rings (SSSR count). The van der Waals surface area contributed by atoms with Gasteiger partial charge in [-0.25, -0.2) is 4.79 Å². The Balaban J connectivity index is 2.35. The summed E-state index contributed by atoms with van der Waals surface area (Å²) in [5.41, 5.74) is -0.236. The van der Waals surface area contributed by atoms with Crippen molar-refractivity contribution < 1.29 is 19.6 Å². The third-order valence-corrected chi connectivity index (χ3v) is 4.65. The smallest absolute Gasteiger partial charge is 0.326 e. The van der Waals surface area contributed by atoms with E-state index in [9.17, 15) is 19.7 Å². The lowest BCUT2D eigenvalue weighted by Gasteiger charge is -2.21. The van der Waals surface area contributed by atoms with Crippen LogP contribution >= 0.6 is 11.8 Å². The molecule has 1 amide bonds. The highest BCUT2D eigenvalue weighted by atomic mass is 32.2. The van der Waals surface area contributed by atoms with E-state index in [1.165, 1.54) is 32.4 Å². The van der Waals surface area contributed by atoms with Crippen molar-refractivity contribution in [2.75, 3.05) is 7.05 Å². The van der Waals surface area contributed by atoms with Gasteiger partial charge in [-0.3, -0.25) is 14.9 Å². The van der Waals surface area contributed by atoms with E-state index < -0.39 is 22.8 Å². The summed E-state index contributed by atoms with van der Waals surface area (Å²) in [6.45, 7) is 1.35. The van der Waals surface area contributed by atoms with Crippen LogP contribution in [0.5, 0.6) is 0 Å². The summed E-state index contributed by atoms with van der Waals surface area (Å²) in [5, 5.41) is 28.3. The summed E-state index contributed by atoms with van der Waals surface area (Å²) in [5.74, 6) is -1.78. The Morgan fingerprint density at radius 1 is 1.44 bits per heavy atom. The van der Waals surface area contributed by atoms with Gasteiger partial charge in [0, 0.05) is 25.7 Å². The first-order chi connectivity index (χ1) is 11.7. The molecule has 0 aliphatic carbocycles. The predicted octanol–water partition coefficient (Wildman–Crippen LogP) is 1.42. The van der Waals surface area contributed by atoms with Crippen molar-refractivity contribution in [2.45, 2.75) is 23.0 Å². The Kier molecular flexibility index (Phi) is 5.37. The second kappa shape index (κ2) is 7.30. The Labute approximate surface area is 146 Å². The Morgan fingerprint density at radius 3 is 2.64 bits per heavy atom. The molecular weight excluding hydrogens is 350 g/mol. The number of carbonyl (C=O) groups is 2. The van der Waals surface area contributed by atoms with E-state index in [-0.39, 0.29) is 11.3 Å². The Morgan fingerprint density at radius 2 is 2.12 bits per heavy atom. The monoisotopic (exact) mass is 365 g/mol. The number of hydrogen-bond acceptors (Lipinski definition) is 7. The van der Waals surface area contributed by atoms with Crippen molar-refractivity contribution in [1.82, 2.24) is 19.7 Å². The lowest BCUT2D eigenvalue weighted by atomic mass is 10.1. The van der Waals surface area contributed by atoms with Gasteiger partial charge in [0.1, 0.15) is 12.4 Å². The molecule has 1 heterocycles. The second-order valence-corrected chi connectivity index (χ2v) is 6.21. The van der Waals surface area contributed by atoms with Crippen molar-refractivity contribution in [3.63, 3.8) is 0 Å². The van der Waals surface area contributed by atoms with Crippen LogP contribution in [0.15, 0.2) is 34.6 Å². The fourth-order valence-electron chi connectivity index (χ4n) is 1.89. The fourth-order valence-corrected chi connectivity index (χ4v) is 2.74. The lowest BCUT2D eigenvalue weighted by molar-refractivity contribution is -0.387. The highest BCUT2D eigenvalue weighted by Crippen LogP contribution is 2.34. The molecule has 0 fully saturated rings. The maximum Gasteiger partial charge on any atom is 0.326 e. The van der Waals surface area contributed by atoms with Crippen molar-refractivity contribution in [1.29, 1.82) is 0 Å². The number of aliphatic carboxylic acids is 1. The number of carbonyl (C=O) groups excluding carboxylic acids is 1. The summed E-state index contributed by atoms with van der Waals surface area (Å²) >= 11 is 1.04. The quantitative estimate of drug-likeness (QED) is 0.600. The van der Waals surface area contributed by atoms with E-state index in [4.69, 9.17) is 5.11 Å². The predicted molar refractivity (Wildman–Crippen MR) is 87.4 cm³/mol. The van der Waals surface area contributed by atoms with Gasteiger partial charge in [-0.15, -0.1) is 10.2 Å². The molecule has 0 radical (unpaired) electrons. The number of carboxylic acids is 1. The molecule has 0 spiro atoms. The second-order valence-electron chi connectivity index (χ2n) is 5.20. The number of carboxylic acid groups (broad SMARTS) is 1. The van der Waals surface area contributed by atoms with Crippen LogP contribution in [0, 0.1) is 10.1 Å². The van der Waals surface area contributed by atoms with Gasteiger partial charge in [-0.1, -0.05) is 0 Å². The van der Waals surface area contributed by atoms with Crippen LogP contribution in [-0.2, 0) is 11.8 Å². The van der Waals surface area contributed by atoms with Gasteiger partial charge in [-0.05, 0) is 30.8 Å². The molecule has 1 aromatic heterocycles. The molecule has 0 aliphatic heterocycles. The molecule has 0 saturated carbocycles. The SMILES string of the molecule is CC(C(=O)O)N(C)C(=O)c1ccc(Sc2nncn2C)c([N+](=O)[O-])c1. The van der Waals surface area contributed by atoms with Gasteiger partial charge < -0.3 is 14.6 Å². The Bertz CT molecular complexity index is 837. The summed E-state index contributed by atoms with van der Waals surface area (Å²) in [6.07, 6.45) is 1.47. The van der Waals surface area contributed by atoms with Crippen LogP contribution in [0.1, 0.15) is 17.3 Å². The molecule has 1 aromatic carbocycles. The maximum absolute atomic E-state index is 12.4. The van der Waals surface area contributed by atoms with Crippen LogP contribution in [0.3, 0.4) is 0 Å². The van der Waals surface area contributed by atoms with Crippen molar-refractivity contribution >= 4 is 29.3 Å². The van der Waals surface area contributed by atoms with E-state index in [2.05, 4.69) is 10.2 Å². The summed E-state index contributed by atoms with van der Waals surface area (Å²) in [4.78, 5) is 35.4. The van der Waals surface area contributed by atoms with E-state index in [0.717, 1.165) is 22.7 Å². The normalized spacial score (nSPS) is 11.8. The van der Waals surface area contributed by atoms with Gasteiger partial charge in [0.15, 0.2) is 5.16 Å². The molecule has 2 aromatic rings. The average Bonchev–Trinajstić information content (AvgIpc) is 2.97. The summed E-state index contributed by atoms with van der Waals surface area (Å²) in [7, 11) is 3.03. The van der Waals surface area contributed by atoms with Gasteiger partial charge in [0.05, 0.1) is 9.82 Å². The zero-order chi connectivity index (χ0) is 18.7. The summed E-state index contributed by atoms with van der Waals surface area (Å²) in [6, 6.07) is 2.93. The molecule has 132 valence electrons. The van der Waals surface area contributed by atoms with Gasteiger partial charge in [0.25, 0.3) is 11.6 Å². The van der Waals surface area contributed by atoms with Crippen LogP contribution in [0.25, 0.3) is 0 Å². The average molecular weight is 365 g/mol. The van der Waals surface area contributed by atoms with E-state index in [0.29, 0.717) is 10.1 Å². The molecule has 1 N–H and O–H groups in total. The Hall–Kier alpha value is -2.95. The molecular formula is C14H15N5O5S. The van der Waals surface area contributed by atoms with Gasteiger partial charge >= 0.3 is 5.97 Å². The highest BCUT2D eigenvalue weighted by molar-refractivity contribution is 7.99. The minimum Gasteiger partial charge on any atom is -0.480 e. The van der Waals surface area contributed by atoms with E-state index in [1.54, 1.807) is 11.6 Å². The zero-order valence-electron chi connectivity index (χ0n) is 13.6. The third-order valence-electron chi connectivity index (χ3n) is 3.53. The number of aryl methyl sites for hydroxylation is 1. The van der Waals surface area contributed by atoms with Gasteiger partial charge in [-0.2, -0.15) is 0 Å². The molecule has 25 heavy (non-hydrogen) atoms. The van der Waals surface area contributed by atoms with Crippen LogP contribution in [0.2, 0.25) is 0 Å². The first-order valence-corrected chi connectivity index (χ1v) is 7.84. The molecule has 10 nitrogen and oxygen atoms in total. The lowest BCUT2D eigenvalue weighted by Crippen LogP contribution is -2.40. The topological polar surface area (TPSA) is 131 Å². The number of amides is 1. The minimum absolute atomic E-state index is 0.0321. The first-order valence-electron chi connectivity index (χ1n) is 7.02. The number of nitrogens with zero attached hydrogens (tertiary/aromatic N) is 5. The first kappa shape index (κ1) is 18.4. The van der Waals surface area contributed by atoms with E-state index in [1.807, 2.05) is 0 Å².